The van der Waals surface area contributed by atoms with Gasteiger partial charge >= 0.3 is 6.01 Å². The molecule has 0 fully saturated rings. The number of methoxy groups -OCH3 is 1. The maximum atomic E-state index is 5.87. The minimum Gasteiger partial charge on any atom is -0.464 e. The third-order valence-electron chi connectivity index (χ3n) is 2.27. The Morgan fingerprint density at radius 3 is 2.56 bits per heavy atom. The van der Waals surface area contributed by atoms with Crippen LogP contribution in [-0.4, -0.2) is 47.9 Å². The number of anilines is 1. The Bertz CT molecular complexity index is 376. The highest BCUT2D eigenvalue weighted by Gasteiger charge is 2.16. The zero-order chi connectivity index (χ0) is 13.5. The fourth-order valence-electron chi connectivity index (χ4n) is 1.42. The summed E-state index contributed by atoms with van der Waals surface area (Å²) in [4.78, 5) is 14.3. The molecule has 0 amide bonds. The third kappa shape index (κ3) is 4.27. The van der Waals surface area contributed by atoms with Crippen LogP contribution in [0, 0.1) is 0 Å². The number of aromatic nitrogens is 3. The lowest BCUT2D eigenvalue weighted by Gasteiger charge is -2.26. The van der Waals surface area contributed by atoms with Gasteiger partial charge in [-0.1, -0.05) is 0 Å². The van der Waals surface area contributed by atoms with E-state index in [0.717, 1.165) is 0 Å². The van der Waals surface area contributed by atoms with Gasteiger partial charge in [0.2, 0.25) is 11.2 Å². The van der Waals surface area contributed by atoms with Gasteiger partial charge in [-0.3, -0.25) is 0 Å². The van der Waals surface area contributed by atoms with Crippen LogP contribution in [-0.2, 0) is 4.74 Å². The lowest BCUT2D eigenvalue weighted by Crippen LogP contribution is -2.35. The first-order valence-electron chi connectivity index (χ1n) is 5.88. The van der Waals surface area contributed by atoms with E-state index in [-0.39, 0.29) is 17.3 Å². The molecule has 1 heterocycles. The van der Waals surface area contributed by atoms with E-state index in [0.29, 0.717) is 25.7 Å². The lowest BCUT2D eigenvalue weighted by atomic mass is 10.3. The Hall–Kier alpha value is -1.14. The van der Waals surface area contributed by atoms with Gasteiger partial charge in [-0.25, -0.2) is 0 Å². The summed E-state index contributed by atoms with van der Waals surface area (Å²) in [5.41, 5.74) is 0. The fraction of sp³-hybridized carbons (Fsp3) is 0.727. The highest BCUT2D eigenvalue weighted by molar-refractivity contribution is 6.28. The Labute approximate surface area is 112 Å². The maximum absolute atomic E-state index is 5.87. The van der Waals surface area contributed by atoms with E-state index in [1.807, 2.05) is 25.7 Å². The Morgan fingerprint density at radius 1 is 1.28 bits per heavy atom. The maximum Gasteiger partial charge on any atom is 0.322 e. The summed E-state index contributed by atoms with van der Waals surface area (Å²) in [5.74, 6) is 0.505. The van der Waals surface area contributed by atoms with Gasteiger partial charge in [0, 0.05) is 19.7 Å². The second-order valence-corrected chi connectivity index (χ2v) is 4.24. The molecular weight excluding hydrogens is 256 g/mol. The van der Waals surface area contributed by atoms with E-state index in [1.165, 1.54) is 0 Å². The first kappa shape index (κ1) is 14.9. The van der Waals surface area contributed by atoms with Crippen LogP contribution < -0.4 is 9.64 Å². The normalized spacial score (nSPS) is 10.8. The van der Waals surface area contributed by atoms with Gasteiger partial charge in [0.1, 0.15) is 0 Å². The van der Waals surface area contributed by atoms with E-state index in [1.54, 1.807) is 7.11 Å². The van der Waals surface area contributed by atoms with Gasteiger partial charge < -0.3 is 14.4 Å². The third-order valence-corrected chi connectivity index (χ3v) is 2.43. The fourth-order valence-corrected chi connectivity index (χ4v) is 1.57. The van der Waals surface area contributed by atoms with Crippen LogP contribution >= 0.6 is 11.6 Å². The molecule has 0 aliphatic rings. The van der Waals surface area contributed by atoms with Crippen molar-refractivity contribution in [3.05, 3.63) is 5.28 Å². The van der Waals surface area contributed by atoms with E-state index < -0.39 is 0 Å². The van der Waals surface area contributed by atoms with Gasteiger partial charge in [-0.05, 0) is 32.4 Å². The predicted octanol–water partition coefficient (Wildman–Crippen LogP) is 1.78. The van der Waals surface area contributed by atoms with E-state index in [4.69, 9.17) is 21.1 Å². The van der Waals surface area contributed by atoms with Crippen LogP contribution in [0.4, 0.5) is 5.95 Å². The van der Waals surface area contributed by atoms with Gasteiger partial charge in [-0.2, -0.15) is 15.0 Å². The topological polar surface area (TPSA) is 60.4 Å². The van der Waals surface area contributed by atoms with Crippen molar-refractivity contribution in [2.24, 2.45) is 0 Å². The average Bonchev–Trinajstić information content (AvgIpc) is 2.28. The molecule has 0 aliphatic carbocycles. The molecule has 0 spiro atoms. The molecule has 102 valence electrons. The van der Waals surface area contributed by atoms with Crippen LogP contribution in [0.2, 0.25) is 5.28 Å². The van der Waals surface area contributed by atoms with Crippen molar-refractivity contribution < 1.29 is 9.47 Å². The number of nitrogens with zero attached hydrogens (tertiary/aromatic N) is 4. The van der Waals surface area contributed by atoms with Crippen molar-refractivity contribution in [2.45, 2.75) is 26.8 Å². The highest BCUT2D eigenvalue weighted by atomic mass is 35.5. The van der Waals surface area contributed by atoms with Crippen molar-refractivity contribution in [2.75, 3.05) is 31.8 Å². The van der Waals surface area contributed by atoms with Crippen LogP contribution in [0.3, 0.4) is 0 Å². The van der Waals surface area contributed by atoms with Gasteiger partial charge in [0.05, 0.1) is 13.2 Å². The second kappa shape index (κ2) is 7.33. The summed E-state index contributed by atoms with van der Waals surface area (Å²) in [5, 5.41) is 0.131. The first-order valence-corrected chi connectivity index (χ1v) is 6.26. The van der Waals surface area contributed by atoms with Crippen LogP contribution in [0.1, 0.15) is 20.8 Å². The van der Waals surface area contributed by atoms with Gasteiger partial charge in [0.15, 0.2) is 0 Å². The van der Waals surface area contributed by atoms with E-state index in [9.17, 15) is 0 Å². The molecule has 1 aromatic rings. The molecule has 1 rings (SSSR count). The Morgan fingerprint density at radius 2 is 2.00 bits per heavy atom. The number of halogens is 1. The van der Waals surface area contributed by atoms with Crippen molar-refractivity contribution >= 4 is 17.5 Å². The van der Waals surface area contributed by atoms with Crippen LogP contribution in [0.15, 0.2) is 0 Å². The SMILES string of the molecule is CCOc1nc(Cl)nc(N(CCOC)C(C)C)n1. The Balaban J connectivity index is 2.95. The standard InChI is InChI=1S/C11H19ClN4O2/c1-5-18-11-14-9(12)13-10(15-11)16(8(2)3)6-7-17-4/h8H,5-7H2,1-4H3. The number of hydrogen-bond acceptors (Lipinski definition) is 6. The van der Waals surface area contributed by atoms with Crippen LogP contribution in [0.25, 0.3) is 0 Å². The molecule has 7 heteroatoms. The van der Waals surface area contributed by atoms with E-state index in [2.05, 4.69) is 15.0 Å². The quantitative estimate of drug-likeness (QED) is 0.755. The molecule has 0 bridgehead atoms. The number of ether oxygens (including phenoxy) is 2. The smallest absolute Gasteiger partial charge is 0.322 e. The zero-order valence-corrected chi connectivity index (χ0v) is 11.9. The molecule has 0 aliphatic heterocycles. The molecule has 1 aromatic heterocycles. The van der Waals surface area contributed by atoms with Crippen molar-refractivity contribution in [3.8, 4) is 6.01 Å². The molecular formula is C11H19ClN4O2. The second-order valence-electron chi connectivity index (χ2n) is 3.90. The summed E-state index contributed by atoms with van der Waals surface area (Å²) in [7, 11) is 1.66. The number of hydrogen-bond donors (Lipinski definition) is 0. The molecule has 0 N–H and O–H groups in total. The highest BCUT2D eigenvalue weighted by Crippen LogP contribution is 2.17. The Kier molecular flexibility index (Phi) is 6.07. The summed E-state index contributed by atoms with van der Waals surface area (Å²) in [6.45, 7) is 7.72. The molecule has 0 aromatic carbocycles. The summed E-state index contributed by atoms with van der Waals surface area (Å²) in [6, 6.07) is 0.476. The first-order chi connectivity index (χ1) is 8.58. The molecule has 0 saturated carbocycles. The zero-order valence-electron chi connectivity index (χ0n) is 11.2. The molecule has 0 atom stereocenters. The van der Waals surface area contributed by atoms with E-state index >= 15 is 0 Å². The van der Waals surface area contributed by atoms with Crippen LogP contribution in [0.5, 0.6) is 6.01 Å². The largest absolute Gasteiger partial charge is 0.464 e. The van der Waals surface area contributed by atoms with Crippen molar-refractivity contribution in [1.82, 2.24) is 15.0 Å². The average molecular weight is 275 g/mol. The summed E-state index contributed by atoms with van der Waals surface area (Å²) >= 11 is 5.87. The monoisotopic (exact) mass is 274 g/mol. The predicted molar refractivity (Wildman–Crippen MR) is 70.4 cm³/mol. The van der Waals surface area contributed by atoms with Crippen molar-refractivity contribution in [1.29, 1.82) is 0 Å². The minimum atomic E-state index is 0.131. The molecule has 0 unspecified atom stereocenters. The molecule has 0 radical (unpaired) electrons. The van der Waals surface area contributed by atoms with Gasteiger partial charge in [0.25, 0.3) is 0 Å². The molecule has 6 nitrogen and oxygen atoms in total. The lowest BCUT2D eigenvalue weighted by molar-refractivity contribution is 0.203. The van der Waals surface area contributed by atoms with Crippen molar-refractivity contribution in [3.63, 3.8) is 0 Å². The summed E-state index contributed by atoms with van der Waals surface area (Å²) < 4.78 is 10.3. The molecule has 18 heavy (non-hydrogen) atoms. The molecule has 0 saturated heterocycles. The minimum absolute atomic E-state index is 0.131. The van der Waals surface area contributed by atoms with Gasteiger partial charge in [-0.15, -0.1) is 0 Å². The summed E-state index contributed by atoms with van der Waals surface area (Å²) in [6.07, 6.45) is 0. The number of rotatable bonds is 7.